The molecule has 0 saturated heterocycles. The second-order valence-corrected chi connectivity index (χ2v) is 4.12. The van der Waals surface area contributed by atoms with Crippen LogP contribution in [0.15, 0.2) is 24.3 Å². The Morgan fingerprint density at radius 1 is 1.33 bits per heavy atom. The first kappa shape index (κ1) is 9.66. The molecule has 64 valence electrons. The van der Waals surface area contributed by atoms with E-state index in [-0.39, 0.29) is 0 Å². The van der Waals surface area contributed by atoms with Crippen LogP contribution in [0.2, 0.25) is 0 Å². The van der Waals surface area contributed by atoms with Crippen LogP contribution in [-0.4, -0.2) is 26.5 Å². The molecule has 0 heterocycles. The molecule has 0 unspecified atom stereocenters. The molecule has 0 bridgehead atoms. The van der Waals surface area contributed by atoms with Gasteiger partial charge in [-0.15, -0.1) is 0 Å². The molecule has 12 heavy (non-hydrogen) atoms. The summed E-state index contributed by atoms with van der Waals surface area (Å²) in [4.78, 5) is 0. The molecule has 0 aliphatic rings. The van der Waals surface area contributed by atoms with Gasteiger partial charge in [-0.2, -0.15) is 0 Å². The monoisotopic (exact) mass is 227 g/mol. The molecule has 0 spiro atoms. The number of hydrogen-bond acceptors (Lipinski definition) is 1. The van der Waals surface area contributed by atoms with Crippen molar-refractivity contribution in [2.24, 2.45) is 5.73 Å². The topological polar surface area (TPSA) is 26.0 Å². The van der Waals surface area contributed by atoms with E-state index in [0.29, 0.717) is 6.54 Å². The predicted molar refractivity (Wildman–Crippen MR) is 54.7 cm³/mol. The van der Waals surface area contributed by atoms with Gasteiger partial charge in [0.15, 0.2) is 0 Å². The van der Waals surface area contributed by atoms with Gasteiger partial charge in [-0.3, -0.25) is 0 Å². The Labute approximate surface area is 81.3 Å². The predicted octanol–water partition coefficient (Wildman–Crippen LogP) is 0.837. The van der Waals surface area contributed by atoms with Crippen molar-refractivity contribution >= 4 is 20.0 Å². The van der Waals surface area contributed by atoms with Crippen LogP contribution in [0.1, 0.15) is 11.1 Å². The summed E-state index contributed by atoms with van der Waals surface area (Å²) < 4.78 is 1.21. The molecule has 2 N–H and O–H groups in total. The van der Waals surface area contributed by atoms with E-state index in [2.05, 4.69) is 46.8 Å². The summed E-state index contributed by atoms with van der Waals surface area (Å²) >= 11 is 2.98. The van der Waals surface area contributed by atoms with Gasteiger partial charge < -0.3 is 0 Å². The van der Waals surface area contributed by atoms with E-state index in [1.165, 1.54) is 15.5 Å². The first-order chi connectivity index (χ1) is 5.72. The summed E-state index contributed by atoms with van der Waals surface area (Å²) in [5.41, 5.74) is 8.10. The Kier molecular flexibility index (Phi) is 3.67. The van der Waals surface area contributed by atoms with Gasteiger partial charge in [-0.1, -0.05) is 0 Å². The average molecular weight is 226 g/mol. The zero-order chi connectivity index (χ0) is 8.97. The fraction of sp³-hybridized carbons (Fsp3) is 0.300. The van der Waals surface area contributed by atoms with Crippen molar-refractivity contribution < 1.29 is 0 Å². The Hall–Kier alpha value is -0.431. The summed E-state index contributed by atoms with van der Waals surface area (Å²) in [6, 6.07) is 8.53. The summed E-state index contributed by atoms with van der Waals surface area (Å²) in [7, 11) is 0. The summed E-state index contributed by atoms with van der Waals surface area (Å²) in [5.74, 6) is 0. The van der Waals surface area contributed by atoms with E-state index in [4.69, 9.17) is 5.73 Å². The second-order valence-electron chi connectivity index (χ2n) is 2.91. The standard InChI is InChI=1S/C10H13NSe/c1-8-2-4-9(5-3-8)6-10(12)7-11/h2-5H,6-7,11H2,1H3. The SMILES string of the molecule is Cc1ccc(CC(=[Se])CN)cc1. The molecule has 0 aliphatic heterocycles. The zero-order valence-electron chi connectivity index (χ0n) is 7.21. The maximum absolute atomic E-state index is 5.48. The van der Waals surface area contributed by atoms with Crippen molar-refractivity contribution in [1.29, 1.82) is 0 Å². The number of nitrogens with two attached hydrogens (primary N) is 1. The Balaban J connectivity index is 2.64. The van der Waals surface area contributed by atoms with E-state index in [0.717, 1.165) is 6.42 Å². The molecule has 0 radical (unpaired) electrons. The van der Waals surface area contributed by atoms with Crippen LogP contribution in [0.25, 0.3) is 0 Å². The summed E-state index contributed by atoms with van der Waals surface area (Å²) in [6.07, 6.45) is 0.955. The van der Waals surface area contributed by atoms with Gasteiger partial charge in [0, 0.05) is 0 Å². The van der Waals surface area contributed by atoms with Gasteiger partial charge in [0.1, 0.15) is 0 Å². The molecule has 0 fully saturated rings. The van der Waals surface area contributed by atoms with Crippen molar-refractivity contribution in [2.75, 3.05) is 6.54 Å². The van der Waals surface area contributed by atoms with Gasteiger partial charge in [0.05, 0.1) is 0 Å². The van der Waals surface area contributed by atoms with Crippen LogP contribution in [0.5, 0.6) is 0 Å². The molecular formula is C10H13NSe. The van der Waals surface area contributed by atoms with Gasteiger partial charge in [0.25, 0.3) is 0 Å². The number of aryl methyl sites for hydroxylation is 1. The van der Waals surface area contributed by atoms with Gasteiger partial charge in [-0.05, 0) is 0 Å². The second kappa shape index (κ2) is 4.56. The van der Waals surface area contributed by atoms with Crippen molar-refractivity contribution in [3.05, 3.63) is 35.4 Å². The molecule has 0 saturated carbocycles. The quantitative estimate of drug-likeness (QED) is 0.759. The van der Waals surface area contributed by atoms with Crippen LogP contribution < -0.4 is 5.73 Å². The third kappa shape index (κ3) is 2.90. The van der Waals surface area contributed by atoms with Gasteiger partial charge >= 0.3 is 81.0 Å². The van der Waals surface area contributed by atoms with Crippen LogP contribution in [0.3, 0.4) is 0 Å². The minimum absolute atomic E-state index is 0.633. The molecule has 1 rings (SSSR count). The fourth-order valence-corrected chi connectivity index (χ4v) is 1.36. The number of rotatable bonds is 3. The molecule has 1 aromatic rings. The third-order valence-electron chi connectivity index (χ3n) is 1.75. The Morgan fingerprint density at radius 2 is 1.92 bits per heavy atom. The van der Waals surface area contributed by atoms with E-state index in [9.17, 15) is 0 Å². The Morgan fingerprint density at radius 3 is 2.42 bits per heavy atom. The normalized spacial score (nSPS) is 9.83. The van der Waals surface area contributed by atoms with Crippen LogP contribution in [-0.2, 0) is 6.42 Å². The third-order valence-corrected chi connectivity index (χ3v) is 2.40. The van der Waals surface area contributed by atoms with E-state index >= 15 is 0 Å². The summed E-state index contributed by atoms with van der Waals surface area (Å²) in [5, 5.41) is 0. The molecule has 0 amide bonds. The van der Waals surface area contributed by atoms with Crippen LogP contribution in [0.4, 0.5) is 0 Å². The van der Waals surface area contributed by atoms with E-state index in [1.807, 2.05) is 0 Å². The Bertz CT molecular complexity index is 264. The minimum atomic E-state index is 0.633. The fourth-order valence-electron chi connectivity index (χ4n) is 1.01. The maximum atomic E-state index is 5.48. The molecule has 1 aromatic carbocycles. The molecule has 0 aromatic heterocycles. The van der Waals surface area contributed by atoms with Crippen molar-refractivity contribution in [1.82, 2.24) is 0 Å². The molecule has 2 heteroatoms. The van der Waals surface area contributed by atoms with Gasteiger partial charge in [0.2, 0.25) is 0 Å². The van der Waals surface area contributed by atoms with E-state index < -0.39 is 0 Å². The molecular weight excluding hydrogens is 213 g/mol. The average Bonchev–Trinajstić information content (AvgIpc) is 2.09. The number of benzene rings is 1. The van der Waals surface area contributed by atoms with Gasteiger partial charge in [-0.25, -0.2) is 0 Å². The van der Waals surface area contributed by atoms with E-state index in [1.54, 1.807) is 0 Å². The molecule has 0 aliphatic carbocycles. The molecule has 0 atom stereocenters. The number of hydrogen-bond donors (Lipinski definition) is 1. The summed E-state index contributed by atoms with van der Waals surface area (Å²) in [6.45, 7) is 2.73. The van der Waals surface area contributed by atoms with Crippen molar-refractivity contribution in [3.8, 4) is 0 Å². The zero-order valence-corrected chi connectivity index (χ0v) is 8.92. The first-order valence-electron chi connectivity index (χ1n) is 3.99. The van der Waals surface area contributed by atoms with Crippen LogP contribution in [0, 0.1) is 6.92 Å². The van der Waals surface area contributed by atoms with Crippen molar-refractivity contribution in [2.45, 2.75) is 13.3 Å². The molecule has 1 nitrogen and oxygen atoms in total. The van der Waals surface area contributed by atoms with Crippen LogP contribution >= 0.6 is 0 Å². The first-order valence-corrected chi connectivity index (χ1v) is 4.85. The van der Waals surface area contributed by atoms with Crippen molar-refractivity contribution in [3.63, 3.8) is 0 Å².